The molecule has 2 aromatic rings. The van der Waals surface area contributed by atoms with Gasteiger partial charge in [0.2, 0.25) is 0 Å². The van der Waals surface area contributed by atoms with Crippen LogP contribution in [0.25, 0.3) is 0 Å². The lowest BCUT2D eigenvalue weighted by Gasteiger charge is -2.50. The van der Waals surface area contributed by atoms with Gasteiger partial charge < -0.3 is 9.47 Å². The van der Waals surface area contributed by atoms with E-state index < -0.39 is 0 Å². The van der Waals surface area contributed by atoms with Crippen LogP contribution in [0.4, 0.5) is 0 Å². The highest BCUT2D eigenvalue weighted by atomic mass is 16.5. The lowest BCUT2D eigenvalue weighted by molar-refractivity contribution is -0.158. The van der Waals surface area contributed by atoms with Gasteiger partial charge in [0, 0.05) is 5.41 Å². The number of benzene rings is 2. The zero-order valence-electron chi connectivity index (χ0n) is 20.3. The molecule has 0 amide bonds. The topological polar surface area (TPSA) is 38.8 Å². The van der Waals surface area contributed by atoms with E-state index in [0.29, 0.717) is 30.9 Å². The van der Waals surface area contributed by atoms with Crippen molar-refractivity contribution in [3.63, 3.8) is 0 Å². The average molecular weight is 448 g/mol. The highest BCUT2D eigenvalue weighted by Crippen LogP contribution is 2.61. The second-order valence-electron chi connectivity index (χ2n) is 10.9. The van der Waals surface area contributed by atoms with Gasteiger partial charge in [-0.1, -0.05) is 43.3 Å². The number of fused-ring (bicyclic) bond motifs is 5. The summed E-state index contributed by atoms with van der Waals surface area (Å²) < 4.78 is 12.1. The molecule has 0 radical (unpaired) electrons. The van der Waals surface area contributed by atoms with Crippen LogP contribution in [0.3, 0.4) is 0 Å². The number of likely N-dealkylation sites (N-methyl/N-ethyl adjacent to an activating group) is 1. The largest absolute Gasteiger partial charge is 0.489 e. The maximum absolute atomic E-state index is 12.4. The van der Waals surface area contributed by atoms with Crippen molar-refractivity contribution in [2.45, 2.75) is 64.1 Å². The number of carbonyl (C=O) groups excluding carboxylic acids is 1. The molecule has 3 aliphatic carbocycles. The summed E-state index contributed by atoms with van der Waals surface area (Å²) in [5.41, 5.74) is 4.33. The lowest BCUT2D eigenvalue weighted by Crippen LogP contribution is -2.45. The number of hydrogen-bond acceptors (Lipinski definition) is 4. The van der Waals surface area contributed by atoms with E-state index in [1.54, 1.807) is 0 Å². The Balaban J connectivity index is 1.27. The molecule has 0 aliphatic heterocycles. The van der Waals surface area contributed by atoms with Gasteiger partial charge in [-0.2, -0.15) is 0 Å². The second-order valence-corrected chi connectivity index (χ2v) is 10.9. The molecule has 176 valence electrons. The molecule has 0 heterocycles. The second kappa shape index (κ2) is 9.13. The molecule has 4 heteroatoms. The fourth-order valence-electron chi connectivity index (χ4n) is 6.99. The first-order valence-electron chi connectivity index (χ1n) is 12.6. The zero-order chi connectivity index (χ0) is 23.0. The first kappa shape index (κ1) is 22.5. The van der Waals surface area contributed by atoms with Crippen LogP contribution in [0.5, 0.6) is 5.75 Å². The van der Waals surface area contributed by atoms with Gasteiger partial charge in [-0.15, -0.1) is 0 Å². The third-order valence-electron chi connectivity index (χ3n) is 8.58. The standard InChI is InChI=1S/C29H37NO3/c1-29-16-15-24-23-12-10-22(32-19-20-7-5-4-6-8-20)17-21(23)9-11-25(24)26(29)13-14-27(29)33-28(31)18-30(2)3/h4-8,10,12,17,24-27H,9,11,13-16,18-19H2,1-3H3/t24-,25-,26+,27-,29+/m1/s1. The summed E-state index contributed by atoms with van der Waals surface area (Å²) in [4.78, 5) is 14.3. The van der Waals surface area contributed by atoms with E-state index in [0.717, 1.165) is 25.0 Å². The van der Waals surface area contributed by atoms with Gasteiger partial charge in [0.15, 0.2) is 0 Å². The van der Waals surface area contributed by atoms with Crippen LogP contribution in [0.2, 0.25) is 0 Å². The fourth-order valence-corrected chi connectivity index (χ4v) is 6.99. The van der Waals surface area contributed by atoms with Crippen molar-refractivity contribution >= 4 is 5.97 Å². The van der Waals surface area contributed by atoms with Crippen LogP contribution in [0.15, 0.2) is 48.5 Å². The summed E-state index contributed by atoms with van der Waals surface area (Å²) in [5, 5.41) is 0. The number of rotatable bonds is 6. The van der Waals surface area contributed by atoms with Crippen LogP contribution in [-0.2, 0) is 22.6 Å². The summed E-state index contributed by atoms with van der Waals surface area (Å²) in [6, 6.07) is 17.1. The minimum Gasteiger partial charge on any atom is -0.489 e. The molecule has 4 nitrogen and oxygen atoms in total. The van der Waals surface area contributed by atoms with Gasteiger partial charge in [-0.25, -0.2) is 0 Å². The molecular weight excluding hydrogens is 410 g/mol. The molecule has 0 N–H and O–H groups in total. The minimum absolute atomic E-state index is 0.0751. The summed E-state index contributed by atoms with van der Waals surface area (Å²) in [6.45, 7) is 3.37. The predicted molar refractivity (Wildman–Crippen MR) is 130 cm³/mol. The Labute approximate surface area is 198 Å². The van der Waals surface area contributed by atoms with Crippen LogP contribution in [-0.4, -0.2) is 37.6 Å². The SMILES string of the molecule is CN(C)CC(=O)O[C@@H]1CC[C@H]2[C@@H]3CCc4cc(OCc5ccccc5)ccc4[C@H]3CC[C@]12C. The number of nitrogens with zero attached hydrogens (tertiary/aromatic N) is 1. The van der Waals surface area contributed by atoms with Crippen LogP contribution < -0.4 is 4.74 Å². The molecule has 0 saturated heterocycles. The Morgan fingerprint density at radius 3 is 2.67 bits per heavy atom. The van der Waals surface area contributed by atoms with Crippen molar-refractivity contribution < 1.29 is 14.3 Å². The Morgan fingerprint density at radius 2 is 1.88 bits per heavy atom. The Hall–Kier alpha value is -2.33. The average Bonchev–Trinajstić information content (AvgIpc) is 3.13. The zero-order valence-corrected chi connectivity index (χ0v) is 20.3. The summed E-state index contributed by atoms with van der Waals surface area (Å²) in [6.07, 6.45) is 6.97. The van der Waals surface area contributed by atoms with E-state index in [9.17, 15) is 4.79 Å². The van der Waals surface area contributed by atoms with Gasteiger partial charge in [-0.3, -0.25) is 9.69 Å². The summed E-state index contributed by atoms with van der Waals surface area (Å²) in [7, 11) is 3.84. The summed E-state index contributed by atoms with van der Waals surface area (Å²) in [5.74, 6) is 2.88. The number of esters is 1. The third kappa shape index (κ3) is 4.42. The quantitative estimate of drug-likeness (QED) is 0.541. The molecule has 2 saturated carbocycles. The van der Waals surface area contributed by atoms with Crippen LogP contribution in [0.1, 0.15) is 61.6 Å². The highest BCUT2D eigenvalue weighted by Gasteiger charge is 2.56. The van der Waals surface area contributed by atoms with Gasteiger partial charge in [0.25, 0.3) is 0 Å². The predicted octanol–water partition coefficient (Wildman–Crippen LogP) is 5.60. The van der Waals surface area contributed by atoms with Crippen molar-refractivity contribution in [1.82, 2.24) is 4.90 Å². The molecule has 0 unspecified atom stereocenters. The number of ether oxygens (including phenoxy) is 2. The van der Waals surface area contributed by atoms with E-state index >= 15 is 0 Å². The van der Waals surface area contributed by atoms with Gasteiger partial charge in [-0.05, 0) is 99.2 Å². The lowest BCUT2D eigenvalue weighted by atomic mass is 9.55. The first-order valence-corrected chi connectivity index (χ1v) is 12.6. The molecule has 5 atom stereocenters. The molecule has 3 aliphatic rings. The monoisotopic (exact) mass is 447 g/mol. The molecule has 2 fully saturated rings. The maximum atomic E-state index is 12.4. The van der Waals surface area contributed by atoms with Gasteiger partial charge in [0.05, 0.1) is 6.54 Å². The number of hydrogen-bond donors (Lipinski definition) is 0. The Bertz CT molecular complexity index is 988. The Morgan fingerprint density at radius 1 is 1.06 bits per heavy atom. The van der Waals surface area contributed by atoms with E-state index in [1.807, 2.05) is 25.1 Å². The molecule has 2 aromatic carbocycles. The van der Waals surface area contributed by atoms with Gasteiger partial charge in [0.1, 0.15) is 18.5 Å². The van der Waals surface area contributed by atoms with Crippen LogP contribution in [0, 0.1) is 17.3 Å². The van der Waals surface area contributed by atoms with Crippen LogP contribution >= 0.6 is 0 Å². The molecule has 33 heavy (non-hydrogen) atoms. The van der Waals surface area contributed by atoms with Crippen molar-refractivity contribution in [3.05, 3.63) is 65.2 Å². The third-order valence-corrected chi connectivity index (χ3v) is 8.58. The summed E-state index contributed by atoms with van der Waals surface area (Å²) >= 11 is 0. The van der Waals surface area contributed by atoms with Crippen molar-refractivity contribution in [2.75, 3.05) is 20.6 Å². The van der Waals surface area contributed by atoms with E-state index in [2.05, 4.69) is 49.4 Å². The van der Waals surface area contributed by atoms with Crippen molar-refractivity contribution in [2.24, 2.45) is 17.3 Å². The van der Waals surface area contributed by atoms with E-state index in [-0.39, 0.29) is 17.5 Å². The molecule has 0 bridgehead atoms. The first-order chi connectivity index (χ1) is 15.9. The van der Waals surface area contributed by atoms with Crippen molar-refractivity contribution in [3.8, 4) is 5.75 Å². The number of aryl methyl sites for hydroxylation is 1. The van der Waals surface area contributed by atoms with Gasteiger partial charge >= 0.3 is 5.97 Å². The fraction of sp³-hybridized carbons (Fsp3) is 0.552. The molecule has 5 rings (SSSR count). The number of carbonyl (C=O) groups is 1. The van der Waals surface area contributed by atoms with E-state index in [1.165, 1.54) is 36.0 Å². The minimum atomic E-state index is -0.0778. The van der Waals surface area contributed by atoms with E-state index in [4.69, 9.17) is 9.47 Å². The maximum Gasteiger partial charge on any atom is 0.320 e. The highest BCUT2D eigenvalue weighted by molar-refractivity contribution is 5.71. The smallest absolute Gasteiger partial charge is 0.320 e. The molecule has 0 aromatic heterocycles. The molecular formula is C29H37NO3. The molecule has 0 spiro atoms. The normalized spacial score (nSPS) is 30.3. The van der Waals surface area contributed by atoms with Crippen molar-refractivity contribution in [1.29, 1.82) is 0 Å². The Kier molecular flexibility index (Phi) is 6.22.